The van der Waals surface area contributed by atoms with E-state index < -0.39 is 0 Å². The maximum atomic E-state index is 6.56. The molecule has 3 fully saturated rings. The lowest BCUT2D eigenvalue weighted by molar-refractivity contribution is -0.188. The van der Waals surface area contributed by atoms with Gasteiger partial charge in [-0.15, -0.1) is 0 Å². The minimum Gasteiger partial charge on any atom is -0.391 e. The maximum Gasteiger partial charge on any atom is 0.177 e. The van der Waals surface area contributed by atoms with Gasteiger partial charge in [0, 0.05) is 16.3 Å². The van der Waals surface area contributed by atoms with Crippen LogP contribution in [0, 0.1) is 40.4 Å². The topological polar surface area (TPSA) is 40.0 Å². The second kappa shape index (κ2) is 11.9. The zero-order chi connectivity index (χ0) is 28.8. The summed E-state index contributed by atoms with van der Waals surface area (Å²) >= 11 is 3.51. The Morgan fingerprint density at radius 1 is 1.05 bits per heavy atom. The van der Waals surface area contributed by atoms with Crippen molar-refractivity contribution in [3.63, 3.8) is 0 Å². The van der Waals surface area contributed by atoms with Crippen molar-refractivity contribution >= 4 is 21.6 Å². The molecule has 224 valence electrons. The van der Waals surface area contributed by atoms with Gasteiger partial charge in [-0.1, -0.05) is 78.6 Å². The molecule has 1 aromatic rings. The number of nitrogens with zero attached hydrogens (tertiary/aromatic N) is 1. The van der Waals surface area contributed by atoms with Crippen molar-refractivity contribution in [1.82, 2.24) is 0 Å². The molecule has 0 bridgehead atoms. The zero-order valence-corrected chi connectivity index (χ0v) is 27.4. The van der Waals surface area contributed by atoms with Crippen LogP contribution in [0.4, 0.5) is 0 Å². The molecule has 41 heavy (non-hydrogen) atoms. The minimum absolute atomic E-state index is 0.183. The second-order valence-electron chi connectivity index (χ2n) is 14.3. The van der Waals surface area contributed by atoms with E-state index in [0.717, 1.165) is 47.1 Å². The molecule has 0 saturated heterocycles. The van der Waals surface area contributed by atoms with Gasteiger partial charge in [0.2, 0.25) is 0 Å². The summed E-state index contributed by atoms with van der Waals surface area (Å²) in [6.45, 7) is 12.4. The summed E-state index contributed by atoms with van der Waals surface area (Å²) in [7, 11) is 0. The number of allylic oxidation sites excluding steroid dienone is 1. The largest absolute Gasteiger partial charge is 0.391 e. The molecule has 0 aromatic heterocycles. The van der Waals surface area contributed by atoms with Gasteiger partial charge in [-0.05, 0) is 117 Å². The Kier molecular flexibility index (Phi) is 8.62. The fourth-order valence-corrected chi connectivity index (χ4v) is 10.0. The Morgan fingerprint density at radius 3 is 2.63 bits per heavy atom. The monoisotopic (exact) mass is 623 g/mol. The van der Waals surface area contributed by atoms with Crippen LogP contribution in [0.15, 0.2) is 57.7 Å². The van der Waals surface area contributed by atoms with E-state index in [1.165, 1.54) is 44.2 Å². The highest BCUT2D eigenvalue weighted by Gasteiger charge is 2.59. The summed E-state index contributed by atoms with van der Waals surface area (Å²) in [6, 6.07) is 8.31. The van der Waals surface area contributed by atoms with Gasteiger partial charge in [0.05, 0.1) is 17.9 Å². The average molecular weight is 625 g/mol. The number of oxime groups is 1. The number of benzene rings is 1. The van der Waals surface area contributed by atoms with Gasteiger partial charge in [-0.2, -0.15) is 0 Å². The van der Waals surface area contributed by atoms with Crippen molar-refractivity contribution in [3.8, 4) is 0 Å². The van der Waals surface area contributed by atoms with Crippen molar-refractivity contribution < 1.29 is 14.3 Å². The third-order valence-electron chi connectivity index (χ3n) is 12.1. The van der Waals surface area contributed by atoms with Crippen LogP contribution in [-0.2, 0) is 20.9 Å². The summed E-state index contributed by atoms with van der Waals surface area (Å²) in [5.74, 6) is 3.36. The summed E-state index contributed by atoms with van der Waals surface area (Å²) in [6.07, 6.45) is 18.4. The van der Waals surface area contributed by atoms with Gasteiger partial charge in [-0.3, -0.25) is 0 Å². The predicted octanol–water partition coefficient (Wildman–Crippen LogP) is 9.63. The molecule has 3 saturated carbocycles. The van der Waals surface area contributed by atoms with Crippen LogP contribution in [0.2, 0.25) is 0 Å². The van der Waals surface area contributed by atoms with Crippen molar-refractivity contribution in [2.24, 2.45) is 45.6 Å². The van der Waals surface area contributed by atoms with E-state index in [-0.39, 0.29) is 18.5 Å². The number of hydrogen-bond donors (Lipinski definition) is 0. The lowest BCUT2D eigenvalue weighted by Gasteiger charge is -2.58. The molecule has 10 atom stereocenters. The number of halogens is 1. The van der Waals surface area contributed by atoms with E-state index >= 15 is 0 Å². The molecule has 4 unspecified atom stereocenters. The van der Waals surface area contributed by atoms with Gasteiger partial charge >= 0.3 is 0 Å². The SMILES string of the molecule is CC[C@H]1OC(O[C@H]2CC[C@@]3(C)C(=CCC4C3CC[C@@]3(C)C4CC[C@@H]3/C(C)=N/OCc3ccc(Br)cc3)C2)C=C[C@@H]1C. The molecule has 0 N–H and O–H groups in total. The van der Waals surface area contributed by atoms with Crippen LogP contribution in [0.5, 0.6) is 0 Å². The highest BCUT2D eigenvalue weighted by molar-refractivity contribution is 9.10. The Hall–Kier alpha value is -1.43. The molecular formula is C36H50BrNO3. The molecule has 5 aliphatic rings. The van der Waals surface area contributed by atoms with E-state index in [4.69, 9.17) is 14.3 Å². The van der Waals surface area contributed by atoms with E-state index in [1.54, 1.807) is 5.57 Å². The molecule has 0 spiro atoms. The molecule has 6 rings (SSSR count). The van der Waals surface area contributed by atoms with Crippen molar-refractivity contribution in [2.75, 3.05) is 0 Å². The highest BCUT2D eigenvalue weighted by Crippen LogP contribution is 2.66. The Bertz CT molecular complexity index is 1180. The highest BCUT2D eigenvalue weighted by atomic mass is 79.9. The van der Waals surface area contributed by atoms with E-state index in [9.17, 15) is 0 Å². The predicted molar refractivity (Wildman–Crippen MR) is 169 cm³/mol. The molecule has 4 aliphatic carbocycles. The van der Waals surface area contributed by atoms with Gasteiger partial charge in [-0.25, -0.2) is 0 Å². The van der Waals surface area contributed by atoms with E-state index in [0.29, 0.717) is 29.3 Å². The molecule has 1 aliphatic heterocycles. The van der Waals surface area contributed by atoms with E-state index in [1.807, 2.05) is 0 Å². The molecule has 5 heteroatoms. The smallest absolute Gasteiger partial charge is 0.177 e. The van der Waals surface area contributed by atoms with Crippen LogP contribution in [0.1, 0.15) is 98.0 Å². The lowest BCUT2D eigenvalue weighted by Crippen LogP contribution is -2.51. The Balaban J connectivity index is 1.10. The molecule has 1 aromatic carbocycles. The molecule has 4 nitrogen and oxygen atoms in total. The quantitative estimate of drug-likeness (QED) is 0.172. The van der Waals surface area contributed by atoms with Crippen LogP contribution in [-0.4, -0.2) is 24.2 Å². The average Bonchev–Trinajstić information content (AvgIpc) is 3.32. The van der Waals surface area contributed by atoms with Crippen LogP contribution in [0.25, 0.3) is 0 Å². The first kappa shape index (κ1) is 29.6. The first-order chi connectivity index (χ1) is 19.7. The van der Waals surface area contributed by atoms with Gasteiger partial charge in [0.1, 0.15) is 6.61 Å². The van der Waals surface area contributed by atoms with Gasteiger partial charge in [0.15, 0.2) is 6.29 Å². The Morgan fingerprint density at radius 2 is 1.85 bits per heavy atom. The number of ether oxygens (including phenoxy) is 2. The Labute approximate surface area is 256 Å². The van der Waals surface area contributed by atoms with Crippen LogP contribution >= 0.6 is 15.9 Å². The van der Waals surface area contributed by atoms with Crippen molar-refractivity contribution in [3.05, 3.63) is 58.1 Å². The fourth-order valence-electron chi connectivity index (χ4n) is 9.75. The zero-order valence-electron chi connectivity index (χ0n) is 25.8. The number of rotatable bonds is 7. The summed E-state index contributed by atoms with van der Waals surface area (Å²) in [4.78, 5) is 5.87. The van der Waals surface area contributed by atoms with Gasteiger partial charge < -0.3 is 14.3 Å². The van der Waals surface area contributed by atoms with Crippen molar-refractivity contribution in [1.29, 1.82) is 0 Å². The summed E-state index contributed by atoms with van der Waals surface area (Å²) < 4.78 is 13.9. The molecular weight excluding hydrogens is 574 g/mol. The summed E-state index contributed by atoms with van der Waals surface area (Å²) in [5, 5.41) is 4.68. The fraction of sp³-hybridized carbons (Fsp3) is 0.694. The first-order valence-electron chi connectivity index (χ1n) is 16.3. The lowest BCUT2D eigenvalue weighted by atomic mass is 9.47. The molecule has 0 amide bonds. The minimum atomic E-state index is -0.183. The number of fused-ring (bicyclic) bond motifs is 5. The van der Waals surface area contributed by atoms with Crippen molar-refractivity contribution in [2.45, 2.75) is 118 Å². The number of hydrogen-bond acceptors (Lipinski definition) is 4. The normalized spacial score (nSPS) is 42.2. The van der Waals surface area contributed by atoms with Crippen LogP contribution < -0.4 is 0 Å². The van der Waals surface area contributed by atoms with Gasteiger partial charge in [0.25, 0.3) is 0 Å². The van der Waals surface area contributed by atoms with E-state index in [2.05, 4.69) is 98.2 Å². The third kappa shape index (κ3) is 5.65. The van der Waals surface area contributed by atoms with Crippen LogP contribution in [0.3, 0.4) is 0 Å². The standard InChI is InChI=1S/C36H50BrNO3/c1-6-33-23(2)7-16-34(41-33)40-28-17-19-35(4)26(21-28)10-13-29-31-15-14-30(36(31,5)20-18-32(29)35)24(3)38-39-22-25-8-11-27(37)12-9-25/h7-12,16,23,28-34H,6,13-15,17-22H2,1-5H3/b38-24+/t23-,28-,29?,30+,31?,32?,33+,34?,35-,36+/m0/s1. The summed E-state index contributed by atoms with van der Waals surface area (Å²) in [5.41, 5.74) is 4.67. The molecule has 0 radical (unpaired) electrons. The maximum absolute atomic E-state index is 6.56. The first-order valence-corrected chi connectivity index (χ1v) is 17.1. The molecule has 1 heterocycles. The third-order valence-corrected chi connectivity index (χ3v) is 12.6. The second-order valence-corrected chi connectivity index (χ2v) is 15.2.